The number of anilines is 1. The van der Waals surface area contributed by atoms with Crippen LogP contribution < -0.4 is 16.8 Å². The number of aromatic nitrogens is 4. The van der Waals surface area contributed by atoms with Crippen molar-refractivity contribution in [1.82, 2.24) is 29.8 Å². The number of nitrogens with two attached hydrogens (primary N) is 2. The number of nitrogens with one attached hydrogen (secondary N) is 2. The molecule has 2 amide bonds. The highest BCUT2D eigenvalue weighted by Crippen LogP contribution is 2.44. The average molecular weight is 545 g/mol. The van der Waals surface area contributed by atoms with E-state index in [0.29, 0.717) is 41.0 Å². The molecule has 3 aromatic heterocycles. The van der Waals surface area contributed by atoms with E-state index < -0.39 is 6.09 Å². The van der Waals surface area contributed by atoms with Crippen molar-refractivity contribution in [3.63, 3.8) is 0 Å². The summed E-state index contributed by atoms with van der Waals surface area (Å²) in [7, 11) is 0. The van der Waals surface area contributed by atoms with Crippen LogP contribution in [0.4, 0.5) is 10.6 Å². The number of hydrogen-bond acceptors (Lipinski definition) is 9. The van der Waals surface area contributed by atoms with Gasteiger partial charge in [-0.1, -0.05) is 6.07 Å². The largest absolute Gasteiger partial charge is 0.447 e. The van der Waals surface area contributed by atoms with Gasteiger partial charge in [-0.05, 0) is 38.7 Å². The quantitative estimate of drug-likeness (QED) is 0.208. The molecule has 0 aliphatic carbocycles. The van der Waals surface area contributed by atoms with E-state index in [9.17, 15) is 14.4 Å². The number of alkyl carbamates (subject to hydrolysis) is 1. The Bertz CT molecular complexity index is 1570. The van der Waals surface area contributed by atoms with E-state index in [1.54, 1.807) is 17.3 Å². The lowest BCUT2D eigenvalue weighted by Gasteiger charge is -2.39. The number of nitrogen functional groups attached to an aromatic ring is 1. The predicted octanol–water partition coefficient (Wildman–Crippen LogP) is 1.56. The summed E-state index contributed by atoms with van der Waals surface area (Å²) in [5.74, 6) is -0.684. The molecule has 14 heteroatoms. The zero-order valence-corrected chi connectivity index (χ0v) is 21.7. The Kier molecular flexibility index (Phi) is 6.16. The van der Waals surface area contributed by atoms with E-state index in [1.807, 2.05) is 12.1 Å². The third-order valence-corrected chi connectivity index (χ3v) is 7.97. The van der Waals surface area contributed by atoms with Gasteiger partial charge in [0.05, 0.1) is 23.1 Å². The molecule has 3 unspecified atom stereocenters. The lowest BCUT2D eigenvalue weighted by Crippen LogP contribution is -2.50. The maximum atomic E-state index is 12.9. The van der Waals surface area contributed by atoms with Gasteiger partial charge < -0.3 is 26.4 Å². The maximum absolute atomic E-state index is 12.9. The number of Topliss-reactive ketones (excluding diaryl/α,β-unsaturated/α-hetero) is 1. The van der Waals surface area contributed by atoms with Crippen molar-refractivity contribution in [2.24, 2.45) is 10.7 Å². The Morgan fingerprint density at radius 3 is 2.58 bits per heavy atom. The van der Waals surface area contributed by atoms with Crippen LogP contribution in [-0.4, -0.2) is 73.1 Å². The van der Waals surface area contributed by atoms with Crippen molar-refractivity contribution in [3.05, 3.63) is 41.5 Å². The summed E-state index contributed by atoms with van der Waals surface area (Å²) >= 11 is 0. The van der Waals surface area contributed by atoms with Gasteiger partial charge in [-0.2, -0.15) is 9.61 Å². The number of carbonyl (C=O) groups excluding carboxylic acids is 3. The molecular formula is C26H28N10O4. The molecule has 2 bridgehead atoms. The smallest absolute Gasteiger partial charge is 0.407 e. The number of pyridine rings is 1. The minimum absolute atomic E-state index is 0.0871. The summed E-state index contributed by atoms with van der Waals surface area (Å²) in [6.45, 7) is 1.68. The Balaban J connectivity index is 1.36. The molecule has 6 N–H and O–H groups in total. The molecule has 6 heterocycles. The van der Waals surface area contributed by atoms with Crippen molar-refractivity contribution < 1.29 is 19.1 Å². The SMILES string of the molecule is CC(=O)c1c(C2CC3CCC(C2)N3C(=O)C(N)=NC=N)nc2c(-c3ccc(C4COC(=O)N4)nc3)cnn2c1N. The molecule has 0 spiro atoms. The predicted molar refractivity (Wildman–Crippen MR) is 144 cm³/mol. The molecule has 0 radical (unpaired) electrons. The molecule has 40 heavy (non-hydrogen) atoms. The van der Waals surface area contributed by atoms with Crippen molar-refractivity contribution >= 4 is 41.4 Å². The number of aliphatic imine (C=N–C) groups is 1. The van der Waals surface area contributed by atoms with Gasteiger partial charge in [0.2, 0.25) is 0 Å². The molecular weight excluding hydrogens is 516 g/mol. The number of amides is 2. The second kappa shape index (κ2) is 9.70. The maximum Gasteiger partial charge on any atom is 0.407 e. The van der Waals surface area contributed by atoms with Crippen LogP contribution in [-0.2, 0) is 9.53 Å². The Labute approximate surface area is 228 Å². The van der Waals surface area contributed by atoms with Gasteiger partial charge in [0.1, 0.15) is 24.8 Å². The summed E-state index contributed by atoms with van der Waals surface area (Å²) in [4.78, 5) is 52.0. The van der Waals surface area contributed by atoms with Crippen LogP contribution in [0.15, 0.2) is 29.5 Å². The molecule has 3 aliphatic rings. The van der Waals surface area contributed by atoms with E-state index in [1.165, 1.54) is 11.4 Å². The number of ketones is 1. The fraction of sp³-hybridized carbons (Fsp3) is 0.385. The van der Waals surface area contributed by atoms with Crippen LogP contribution in [0.5, 0.6) is 0 Å². The van der Waals surface area contributed by atoms with Crippen LogP contribution >= 0.6 is 0 Å². The highest BCUT2D eigenvalue weighted by atomic mass is 16.6. The number of amidine groups is 1. The molecule has 3 fully saturated rings. The highest BCUT2D eigenvalue weighted by Gasteiger charge is 2.45. The first kappa shape index (κ1) is 25.4. The minimum Gasteiger partial charge on any atom is -0.447 e. The zero-order chi connectivity index (χ0) is 28.1. The fourth-order valence-corrected chi connectivity index (χ4v) is 6.20. The van der Waals surface area contributed by atoms with E-state index in [4.69, 9.17) is 26.6 Å². The van der Waals surface area contributed by atoms with Crippen LogP contribution in [0.3, 0.4) is 0 Å². The molecule has 0 aromatic carbocycles. The fourth-order valence-electron chi connectivity index (χ4n) is 6.20. The molecule has 14 nitrogen and oxygen atoms in total. The van der Waals surface area contributed by atoms with E-state index >= 15 is 0 Å². The number of hydrogen-bond donors (Lipinski definition) is 4. The van der Waals surface area contributed by atoms with Gasteiger partial charge in [0.25, 0.3) is 5.91 Å². The van der Waals surface area contributed by atoms with Crippen LogP contribution in [0.25, 0.3) is 16.8 Å². The normalized spacial score (nSPS) is 24.2. The van der Waals surface area contributed by atoms with Crippen LogP contribution in [0, 0.1) is 5.41 Å². The molecule has 3 aliphatic heterocycles. The third-order valence-electron chi connectivity index (χ3n) is 7.97. The van der Waals surface area contributed by atoms with E-state index in [0.717, 1.165) is 24.7 Å². The Morgan fingerprint density at radius 2 is 1.98 bits per heavy atom. The second-order valence-electron chi connectivity index (χ2n) is 10.3. The molecule has 3 aromatic rings. The molecule has 206 valence electrons. The molecule has 3 saturated heterocycles. The molecule has 6 rings (SSSR count). The van der Waals surface area contributed by atoms with Gasteiger partial charge in [0, 0.05) is 35.3 Å². The van der Waals surface area contributed by atoms with Crippen molar-refractivity contribution in [3.8, 4) is 11.1 Å². The van der Waals surface area contributed by atoms with Crippen molar-refractivity contribution in [2.75, 3.05) is 12.3 Å². The van der Waals surface area contributed by atoms with Crippen LogP contribution in [0.2, 0.25) is 0 Å². The average Bonchev–Trinajstić information content (AvgIpc) is 3.63. The molecule has 0 saturated carbocycles. The number of carbonyl (C=O) groups is 3. The highest BCUT2D eigenvalue weighted by molar-refractivity contribution is 6.38. The lowest BCUT2D eigenvalue weighted by atomic mass is 9.85. The summed E-state index contributed by atoms with van der Waals surface area (Å²) < 4.78 is 6.43. The number of cyclic esters (lactones) is 1. The number of nitrogens with zero attached hydrogens (tertiary/aromatic N) is 6. The number of ether oxygens (including phenoxy) is 1. The second-order valence-corrected chi connectivity index (χ2v) is 10.3. The van der Waals surface area contributed by atoms with Crippen molar-refractivity contribution in [2.45, 2.75) is 56.7 Å². The molecule has 3 atom stereocenters. The monoisotopic (exact) mass is 544 g/mol. The number of fused-ring (bicyclic) bond motifs is 3. The van der Waals surface area contributed by atoms with Gasteiger partial charge in [-0.3, -0.25) is 20.0 Å². The van der Waals surface area contributed by atoms with E-state index in [-0.39, 0.29) is 54.0 Å². The minimum atomic E-state index is -0.474. The summed E-state index contributed by atoms with van der Waals surface area (Å²) in [6.07, 6.45) is 6.41. The zero-order valence-electron chi connectivity index (χ0n) is 21.7. The first-order valence-electron chi connectivity index (χ1n) is 13.0. The van der Waals surface area contributed by atoms with Gasteiger partial charge in [-0.25, -0.2) is 14.8 Å². The third kappa shape index (κ3) is 4.12. The standard InChI is InChI=1S/C26H28N10O4/c1-12(37)20-21(14-6-15-3-4-16(7-14)35(15)25(38)22(28)31-11-27)34-24-17(9-32-36(24)23(20)29)13-2-5-18(30-8-13)19-10-40-26(39)33-19/h2,5,8-9,11,14-16,19H,3-4,6-7,10,29H2,1H3,(H,33,39)(H3,27,28,31). The first-order valence-corrected chi connectivity index (χ1v) is 13.0. The van der Waals surface area contributed by atoms with Crippen molar-refractivity contribution in [1.29, 1.82) is 5.41 Å². The Morgan fingerprint density at radius 1 is 1.23 bits per heavy atom. The van der Waals surface area contributed by atoms with Crippen LogP contribution in [0.1, 0.15) is 66.3 Å². The number of piperidine rings is 1. The summed E-state index contributed by atoms with van der Waals surface area (Å²) in [5, 5.41) is 14.3. The van der Waals surface area contributed by atoms with E-state index in [2.05, 4.69) is 20.4 Å². The van der Waals surface area contributed by atoms with Gasteiger partial charge in [0.15, 0.2) is 17.3 Å². The summed E-state index contributed by atoms with van der Waals surface area (Å²) in [5.41, 5.74) is 15.9. The Hall–Kier alpha value is -4.88. The topological polar surface area (TPSA) is 207 Å². The lowest BCUT2D eigenvalue weighted by molar-refractivity contribution is -0.128. The van der Waals surface area contributed by atoms with Gasteiger partial charge >= 0.3 is 6.09 Å². The first-order chi connectivity index (χ1) is 19.3. The summed E-state index contributed by atoms with van der Waals surface area (Å²) in [6, 6.07) is 3.19. The number of rotatable bonds is 5. The van der Waals surface area contributed by atoms with Gasteiger partial charge in [-0.15, -0.1) is 0 Å².